The smallest absolute Gasteiger partial charge is 0.163 e. The molecule has 2 fully saturated rings. The standard InChI is InChI=1S/C25H25ClN2O/c26-20-3-1-19(2-4-20)24(29)13-17-14-25(15-17)9-5-18(6-10-25)21-7-12-28-23-8-11-27-16-22(21)23/h1-4,7-8,11-12,16-18H,5-6,9-10,13-15H2. The van der Waals surface area contributed by atoms with E-state index in [0.29, 0.717) is 28.7 Å². The summed E-state index contributed by atoms with van der Waals surface area (Å²) in [6.45, 7) is 0. The summed E-state index contributed by atoms with van der Waals surface area (Å²) >= 11 is 5.93. The van der Waals surface area contributed by atoms with E-state index in [-0.39, 0.29) is 5.78 Å². The van der Waals surface area contributed by atoms with E-state index in [4.69, 9.17) is 11.6 Å². The number of carbonyl (C=O) groups excluding carboxylic acids is 1. The Balaban J connectivity index is 1.19. The van der Waals surface area contributed by atoms with E-state index >= 15 is 0 Å². The van der Waals surface area contributed by atoms with Crippen molar-refractivity contribution in [3.8, 4) is 0 Å². The average Bonchev–Trinajstić information content (AvgIpc) is 2.73. The Morgan fingerprint density at radius 2 is 1.79 bits per heavy atom. The average molecular weight is 405 g/mol. The fourth-order valence-corrected chi connectivity index (χ4v) is 5.77. The first-order valence-corrected chi connectivity index (χ1v) is 11.0. The molecule has 1 aromatic carbocycles. The third-order valence-electron chi connectivity index (χ3n) is 7.15. The number of pyridine rings is 2. The maximum absolute atomic E-state index is 12.5. The van der Waals surface area contributed by atoms with Crippen molar-refractivity contribution in [2.24, 2.45) is 11.3 Å². The summed E-state index contributed by atoms with van der Waals surface area (Å²) in [6.07, 6.45) is 13.8. The van der Waals surface area contributed by atoms with Crippen LogP contribution in [0.2, 0.25) is 5.02 Å². The molecule has 2 aromatic heterocycles. The van der Waals surface area contributed by atoms with Gasteiger partial charge in [-0.1, -0.05) is 11.6 Å². The molecule has 5 rings (SSSR count). The van der Waals surface area contributed by atoms with Crippen LogP contribution >= 0.6 is 11.6 Å². The number of hydrogen-bond acceptors (Lipinski definition) is 3. The van der Waals surface area contributed by atoms with Crippen molar-refractivity contribution in [1.82, 2.24) is 9.97 Å². The van der Waals surface area contributed by atoms with Gasteiger partial charge in [0, 0.05) is 41.0 Å². The van der Waals surface area contributed by atoms with Crippen LogP contribution in [0.5, 0.6) is 0 Å². The Bertz CT molecular complexity index is 1020. The summed E-state index contributed by atoms with van der Waals surface area (Å²) in [4.78, 5) is 21.3. The van der Waals surface area contributed by atoms with E-state index in [1.165, 1.54) is 49.5 Å². The molecule has 0 amide bonds. The second-order valence-electron chi connectivity index (χ2n) is 8.98. The van der Waals surface area contributed by atoms with E-state index < -0.39 is 0 Å². The molecular weight excluding hydrogens is 380 g/mol. The molecule has 4 heteroatoms. The molecule has 3 aromatic rings. The highest BCUT2D eigenvalue weighted by molar-refractivity contribution is 6.30. The quantitative estimate of drug-likeness (QED) is 0.459. The largest absolute Gasteiger partial charge is 0.294 e. The van der Waals surface area contributed by atoms with E-state index in [2.05, 4.69) is 16.0 Å². The van der Waals surface area contributed by atoms with Crippen molar-refractivity contribution >= 4 is 28.3 Å². The highest BCUT2D eigenvalue weighted by atomic mass is 35.5. The van der Waals surface area contributed by atoms with Gasteiger partial charge < -0.3 is 0 Å². The Morgan fingerprint density at radius 1 is 1.03 bits per heavy atom. The molecule has 2 aliphatic rings. The van der Waals surface area contributed by atoms with Gasteiger partial charge in [-0.25, -0.2) is 0 Å². The van der Waals surface area contributed by atoms with Crippen molar-refractivity contribution < 1.29 is 4.79 Å². The van der Waals surface area contributed by atoms with Gasteiger partial charge in [-0.05, 0) is 97.7 Å². The fourth-order valence-electron chi connectivity index (χ4n) is 5.64. The number of carbonyl (C=O) groups is 1. The van der Waals surface area contributed by atoms with Gasteiger partial charge in [0.15, 0.2) is 5.78 Å². The molecule has 0 N–H and O–H groups in total. The van der Waals surface area contributed by atoms with Gasteiger partial charge in [-0.15, -0.1) is 0 Å². The van der Waals surface area contributed by atoms with Gasteiger partial charge in [-0.2, -0.15) is 0 Å². The van der Waals surface area contributed by atoms with Gasteiger partial charge in [0.1, 0.15) is 0 Å². The Kier molecular flexibility index (Phi) is 4.87. The van der Waals surface area contributed by atoms with Crippen molar-refractivity contribution in [1.29, 1.82) is 0 Å². The summed E-state index contributed by atoms with van der Waals surface area (Å²) in [5, 5.41) is 1.88. The highest BCUT2D eigenvalue weighted by Crippen LogP contribution is 2.58. The van der Waals surface area contributed by atoms with Crippen molar-refractivity contribution in [3.63, 3.8) is 0 Å². The predicted octanol–water partition coefficient (Wildman–Crippen LogP) is 6.61. The van der Waals surface area contributed by atoms with Crippen LogP contribution in [0.1, 0.15) is 66.8 Å². The number of ketones is 1. The zero-order chi connectivity index (χ0) is 19.8. The van der Waals surface area contributed by atoms with E-state index in [0.717, 1.165) is 11.1 Å². The maximum Gasteiger partial charge on any atom is 0.163 e. The maximum atomic E-state index is 12.5. The molecule has 0 bridgehead atoms. The predicted molar refractivity (Wildman–Crippen MR) is 116 cm³/mol. The number of rotatable bonds is 4. The van der Waals surface area contributed by atoms with Crippen LogP contribution in [0.4, 0.5) is 0 Å². The number of halogens is 1. The van der Waals surface area contributed by atoms with Gasteiger partial charge >= 0.3 is 0 Å². The highest BCUT2D eigenvalue weighted by Gasteiger charge is 2.46. The molecule has 0 saturated heterocycles. The summed E-state index contributed by atoms with van der Waals surface area (Å²) in [5.74, 6) is 1.40. The van der Waals surface area contributed by atoms with Gasteiger partial charge in [0.25, 0.3) is 0 Å². The van der Waals surface area contributed by atoms with Gasteiger partial charge in [-0.3, -0.25) is 14.8 Å². The summed E-state index contributed by atoms with van der Waals surface area (Å²) in [5.41, 5.74) is 3.72. The monoisotopic (exact) mass is 404 g/mol. The zero-order valence-corrected chi connectivity index (χ0v) is 17.2. The number of hydrogen-bond donors (Lipinski definition) is 0. The minimum absolute atomic E-state index is 0.256. The van der Waals surface area contributed by atoms with Crippen LogP contribution in [-0.4, -0.2) is 15.8 Å². The number of Topliss-reactive ketones (excluding diaryl/α,β-unsaturated/α-hetero) is 1. The fraction of sp³-hybridized carbons (Fsp3) is 0.400. The molecule has 2 heterocycles. The van der Waals surface area contributed by atoms with Crippen LogP contribution in [0.3, 0.4) is 0 Å². The lowest BCUT2D eigenvalue weighted by Crippen LogP contribution is -2.40. The van der Waals surface area contributed by atoms with E-state index in [1.54, 1.807) is 12.1 Å². The first kappa shape index (κ1) is 18.7. The van der Waals surface area contributed by atoms with Gasteiger partial charge in [0.05, 0.1) is 5.52 Å². The van der Waals surface area contributed by atoms with E-state index in [1.807, 2.05) is 36.8 Å². The second kappa shape index (κ2) is 7.53. The number of aromatic nitrogens is 2. The molecule has 0 aliphatic heterocycles. The number of nitrogens with zero attached hydrogens (tertiary/aromatic N) is 2. The molecule has 0 atom stereocenters. The molecule has 1 spiro atoms. The molecule has 29 heavy (non-hydrogen) atoms. The molecular formula is C25H25ClN2O. The Morgan fingerprint density at radius 3 is 2.55 bits per heavy atom. The first-order chi connectivity index (χ1) is 14.1. The summed E-state index contributed by atoms with van der Waals surface area (Å²) < 4.78 is 0. The Hall–Kier alpha value is -2.26. The summed E-state index contributed by atoms with van der Waals surface area (Å²) in [6, 6.07) is 11.5. The third-order valence-corrected chi connectivity index (χ3v) is 7.40. The van der Waals surface area contributed by atoms with Crippen molar-refractivity contribution in [3.05, 3.63) is 71.1 Å². The van der Waals surface area contributed by atoms with Crippen LogP contribution in [0.15, 0.2) is 55.0 Å². The third kappa shape index (κ3) is 3.69. The lowest BCUT2D eigenvalue weighted by Gasteiger charge is -2.52. The minimum Gasteiger partial charge on any atom is -0.294 e. The zero-order valence-electron chi connectivity index (χ0n) is 16.5. The molecule has 0 unspecified atom stereocenters. The van der Waals surface area contributed by atoms with Crippen LogP contribution in [0.25, 0.3) is 10.9 Å². The van der Waals surface area contributed by atoms with Crippen molar-refractivity contribution in [2.75, 3.05) is 0 Å². The summed E-state index contributed by atoms with van der Waals surface area (Å²) in [7, 11) is 0. The van der Waals surface area contributed by atoms with Crippen LogP contribution < -0.4 is 0 Å². The first-order valence-electron chi connectivity index (χ1n) is 10.6. The lowest BCUT2D eigenvalue weighted by molar-refractivity contribution is 0.00733. The van der Waals surface area contributed by atoms with Crippen LogP contribution in [0, 0.1) is 11.3 Å². The Labute approximate surface area is 176 Å². The number of benzene rings is 1. The molecule has 0 radical (unpaired) electrons. The molecule has 3 nitrogen and oxygen atoms in total. The normalized spacial score (nSPS) is 26.4. The second-order valence-corrected chi connectivity index (χ2v) is 9.41. The minimum atomic E-state index is 0.256. The van der Waals surface area contributed by atoms with E-state index in [9.17, 15) is 4.79 Å². The molecule has 2 saturated carbocycles. The molecule has 2 aliphatic carbocycles. The molecule has 148 valence electrons. The topological polar surface area (TPSA) is 42.9 Å². The SMILES string of the molecule is O=C(CC1CC2(CCC(c3ccnc4ccncc34)CC2)C1)c1ccc(Cl)cc1. The van der Waals surface area contributed by atoms with Gasteiger partial charge in [0.2, 0.25) is 0 Å². The lowest BCUT2D eigenvalue weighted by atomic mass is 9.53. The van der Waals surface area contributed by atoms with Crippen molar-refractivity contribution in [2.45, 2.75) is 50.9 Å². The van der Waals surface area contributed by atoms with Crippen LogP contribution in [-0.2, 0) is 0 Å². The number of fused-ring (bicyclic) bond motifs is 1.